The van der Waals surface area contributed by atoms with E-state index in [2.05, 4.69) is 21.2 Å². The highest BCUT2D eigenvalue weighted by atomic mass is 79.9. The number of halogens is 3. The van der Waals surface area contributed by atoms with Crippen LogP contribution in [0.4, 0.5) is 4.39 Å². The van der Waals surface area contributed by atoms with Gasteiger partial charge in [-0.1, -0.05) is 0 Å². The van der Waals surface area contributed by atoms with Gasteiger partial charge in [-0.25, -0.2) is 4.39 Å². The number of hydrogen-bond acceptors (Lipinski definition) is 2. The van der Waals surface area contributed by atoms with Crippen LogP contribution < -0.4 is 5.32 Å². The van der Waals surface area contributed by atoms with E-state index in [-0.39, 0.29) is 30.2 Å². The van der Waals surface area contributed by atoms with Crippen molar-refractivity contribution in [3.05, 3.63) is 34.1 Å². The Balaban J connectivity index is 0.00000162. The molecule has 3 nitrogen and oxygen atoms in total. The van der Waals surface area contributed by atoms with Gasteiger partial charge in [-0.05, 0) is 41.1 Å². The fourth-order valence-corrected chi connectivity index (χ4v) is 2.36. The number of nitrogens with one attached hydrogen (secondary N) is 1. The molecule has 0 saturated carbocycles. The average Bonchev–Trinajstić information content (AvgIpc) is 2.31. The quantitative estimate of drug-likeness (QED) is 0.854. The van der Waals surface area contributed by atoms with Crippen molar-refractivity contribution < 1.29 is 9.18 Å². The molecule has 0 aliphatic carbocycles. The lowest BCUT2D eigenvalue weighted by atomic mass is 10.1. The van der Waals surface area contributed by atoms with E-state index in [1.54, 1.807) is 11.0 Å². The Morgan fingerprint density at radius 3 is 2.94 bits per heavy atom. The van der Waals surface area contributed by atoms with Crippen LogP contribution in [0.15, 0.2) is 22.7 Å². The predicted octanol–water partition coefficient (Wildman–Crippen LogP) is 2.44. The second-order valence-corrected chi connectivity index (χ2v) is 5.08. The van der Waals surface area contributed by atoms with Gasteiger partial charge in [-0.2, -0.15) is 0 Å². The number of nitrogens with zero attached hydrogens (tertiary/aromatic N) is 1. The van der Waals surface area contributed by atoms with Gasteiger partial charge >= 0.3 is 0 Å². The summed E-state index contributed by atoms with van der Waals surface area (Å²) in [6, 6.07) is 4.45. The molecule has 0 aromatic heterocycles. The van der Waals surface area contributed by atoms with Crippen LogP contribution >= 0.6 is 28.3 Å². The van der Waals surface area contributed by atoms with Crippen LogP contribution in [0.25, 0.3) is 0 Å². The smallest absolute Gasteiger partial charge is 0.255 e. The van der Waals surface area contributed by atoms with Crippen LogP contribution in [0, 0.1) is 5.82 Å². The summed E-state index contributed by atoms with van der Waals surface area (Å²) >= 11 is 3.28. The number of amides is 1. The van der Waals surface area contributed by atoms with E-state index in [0.29, 0.717) is 23.1 Å². The largest absolute Gasteiger partial charge is 0.336 e. The third-order valence-corrected chi connectivity index (χ3v) is 3.51. The Morgan fingerprint density at radius 2 is 2.28 bits per heavy atom. The Kier molecular flexibility index (Phi) is 5.56. The minimum Gasteiger partial charge on any atom is -0.336 e. The van der Waals surface area contributed by atoms with Crippen molar-refractivity contribution in [3.8, 4) is 0 Å². The SMILES string of the molecule is C[C@@H]1CN(C(=O)c2cc(F)ccc2Br)CCN1.Cl. The number of carbonyl (C=O) groups excluding carboxylic acids is 1. The van der Waals surface area contributed by atoms with Crippen LogP contribution in [0.1, 0.15) is 17.3 Å². The second kappa shape index (κ2) is 6.50. The van der Waals surface area contributed by atoms with Crippen molar-refractivity contribution in [1.29, 1.82) is 0 Å². The zero-order valence-corrected chi connectivity index (χ0v) is 12.4. The van der Waals surface area contributed by atoms with Crippen molar-refractivity contribution >= 4 is 34.2 Å². The molecule has 1 N–H and O–H groups in total. The standard InChI is InChI=1S/C12H14BrFN2O.ClH/c1-8-7-16(5-4-15-8)12(17)10-6-9(14)2-3-11(10)13;/h2-3,6,8,15H,4-5,7H2,1H3;1H/t8-;/m1./s1. The highest BCUT2D eigenvalue weighted by Crippen LogP contribution is 2.20. The zero-order valence-electron chi connectivity index (χ0n) is 9.95. The lowest BCUT2D eigenvalue weighted by molar-refractivity contribution is 0.0707. The van der Waals surface area contributed by atoms with Crippen molar-refractivity contribution in [2.45, 2.75) is 13.0 Å². The molecule has 1 atom stereocenters. The second-order valence-electron chi connectivity index (χ2n) is 4.23. The molecule has 1 saturated heterocycles. The molecule has 0 radical (unpaired) electrons. The number of carbonyl (C=O) groups is 1. The van der Waals surface area contributed by atoms with Gasteiger partial charge in [0.25, 0.3) is 5.91 Å². The van der Waals surface area contributed by atoms with Crippen LogP contribution in [0.3, 0.4) is 0 Å². The lowest BCUT2D eigenvalue weighted by Crippen LogP contribution is -2.51. The molecule has 0 spiro atoms. The molecule has 1 aliphatic rings. The summed E-state index contributed by atoms with van der Waals surface area (Å²) in [6.07, 6.45) is 0. The molecule has 1 heterocycles. The number of piperazine rings is 1. The summed E-state index contributed by atoms with van der Waals surface area (Å²) < 4.78 is 13.8. The maximum absolute atomic E-state index is 13.1. The maximum atomic E-state index is 13.1. The van der Waals surface area contributed by atoms with E-state index in [4.69, 9.17) is 0 Å². The minimum absolute atomic E-state index is 0. The van der Waals surface area contributed by atoms with Crippen molar-refractivity contribution in [3.63, 3.8) is 0 Å². The normalized spacial score (nSPS) is 19.3. The summed E-state index contributed by atoms with van der Waals surface area (Å²) in [4.78, 5) is 14.0. The van der Waals surface area contributed by atoms with Gasteiger partial charge in [-0.3, -0.25) is 4.79 Å². The topological polar surface area (TPSA) is 32.3 Å². The molecule has 1 aromatic carbocycles. The Morgan fingerprint density at radius 1 is 1.56 bits per heavy atom. The lowest BCUT2D eigenvalue weighted by Gasteiger charge is -2.32. The molecule has 0 bridgehead atoms. The van der Waals surface area contributed by atoms with Gasteiger partial charge in [0.05, 0.1) is 5.56 Å². The van der Waals surface area contributed by atoms with E-state index in [9.17, 15) is 9.18 Å². The first-order valence-corrected chi connectivity index (χ1v) is 6.35. The van der Waals surface area contributed by atoms with E-state index >= 15 is 0 Å². The summed E-state index contributed by atoms with van der Waals surface area (Å²) in [5.74, 6) is -0.510. The summed E-state index contributed by atoms with van der Waals surface area (Å²) in [6.45, 7) is 4.12. The Bertz CT molecular complexity index is 444. The molecular weight excluding hydrogens is 322 g/mol. The van der Waals surface area contributed by atoms with Crippen LogP contribution in [0.5, 0.6) is 0 Å². The Hall–Kier alpha value is -0.650. The van der Waals surface area contributed by atoms with Gasteiger partial charge in [0.2, 0.25) is 0 Å². The van der Waals surface area contributed by atoms with E-state index < -0.39 is 0 Å². The molecular formula is C12H15BrClFN2O. The Labute approximate surface area is 120 Å². The van der Waals surface area contributed by atoms with E-state index in [0.717, 1.165) is 6.54 Å². The molecule has 2 rings (SSSR count). The fourth-order valence-electron chi connectivity index (χ4n) is 1.95. The van der Waals surface area contributed by atoms with E-state index in [1.807, 2.05) is 6.92 Å². The van der Waals surface area contributed by atoms with Gasteiger partial charge in [0, 0.05) is 30.1 Å². The summed E-state index contributed by atoms with van der Waals surface area (Å²) in [5.41, 5.74) is 0.388. The molecule has 18 heavy (non-hydrogen) atoms. The molecule has 100 valence electrons. The fraction of sp³-hybridized carbons (Fsp3) is 0.417. The van der Waals surface area contributed by atoms with Crippen LogP contribution in [-0.4, -0.2) is 36.5 Å². The van der Waals surface area contributed by atoms with Crippen molar-refractivity contribution in [2.24, 2.45) is 0 Å². The third-order valence-electron chi connectivity index (χ3n) is 2.81. The number of hydrogen-bond donors (Lipinski definition) is 1. The zero-order chi connectivity index (χ0) is 12.4. The van der Waals surface area contributed by atoms with Crippen molar-refractivity contribution in [1.82, 2.24) is 10.2 Å². The summed E-state index contributed by atoms with van der Waals surface area (Å²) in [5, 5.41) is 3.26. The molecule has 1 amide bonds. The first kappa shape index (κ1) is 15.4. The predicted molar refractivity (Wildman–Crippen MR) is 74.7 cm³/mol. The van der Waals surface area contributed by atoms with Crippen LogP contribution in [-0.2, 0) is 0 Å². The average molecular weight is 338 g/mol. The number of rotatable bonds is 1. The maximum Gasteiger partial charge on any atom is 0.255 e. The van der Waals surface area contributed by atoms with Gasteiger partial charge in [-0.15, -0.1) is 12.4 Å². The monoisotopic (exact) mass is 336 g/mol. The highest BCUT2D eigenvalue weighted by Gasteiger charge is 2.23. The molecule has 1 aliphatic heterocycles. The first-order valence-electron chi connectivity index (χ1n) is 5.55. The third kappa shape index (κ3) is 3.43. The number of benzene rings is 1. The molecule has 1 aromatic rings. The minimum atomic E-state index is -0.389. The van der Waals surface area contributed by atoms with Gasteiger partial charge in [0.1, 0.15) is 5.82 Å². The molecule has 1 fully saturated rings. The molecule has 0 unspecified atom stereocenters. The highest BCUT2D eigenvalue weighted by molar-refractivity contribution is 9.10. The summed E-state index contributed by atoms with van der Waals surface area (Å²) in [7, 11) is 0. The molecule has 6 heteroatoms. The van der Waals surface area contributed by atoms with Crippen LogP contribution in [0.2, 0.25) is 0 Å². The van der Waals surface area contributed by atoms with Crippen molar-refractivity contribution in [2.75, 3.05) is 19.6 Å². The first-order chi connectivity index (χ1) is 8.08. The van der Waals surface area contributed by atoms with Gasteiger partial charge in [0.15, 0.2) is 0 Å². The van der Waals surface area contributed by atoms with Gasteiger partial charge < -0.3 is 10.2 Å². The van der Waals surface area contributed by atoms with E-state index in [1.165, 1.54) is 12.1 Å².